The molecule has 2 heteroatoms. The molecule has 0 radical (unpaired) electrons. The molecule has 0 spiro atoms. The zero-order valence-corrected chi connectivity index (χ0v) is 10.7. The molecule has 17 heavy (non-hydrogen) atoms. The van der Waals surface area contributed by atoms with Crippen LogP contribution in [0, 0.1) is 0 Å². The van der Waals surface area contributed by atoms with Crippen LogP contribution in [0.3, 0.4) is 0 Å². The van der Waals surface area contributed by atoms with Gasteiger partial charge in [-0.3, -0.25) is 0 Å². The van der Waals surface area contributed by atoms with E-state index in [-0.39, 0.29) is 0 Å². The molecule has 1 aromatic carbocycles. The number of aromatic nitrogens is 1. The maximum absolute atomic E-state index is 4.11. The number of para-hydroxylation sites is 1. The highest BCUT2D eigenvalue weighted by Gasteiger charge is 2.07. The number of nitrogens with one attached hydrogen (secondary N) is 1. The van der Waals surface area contributed by atoms with Crippen LogP contribution in [-0.4, -0.2) is 11.6 Å². The lowest BCUT2D eigenvalue weighted by molar-refractivity contribution is 0.694. The van der Waals surface area contributed by atoms with E-state index in [1.807, 2.05) is 7.05 Å². The van der Waals surface area contributed by atoms with Crippen molar-refractivity contribution < 1.29 is 0 Å². The Balaban J connectivity index is 2.47. The van der Waals surface area contributed by atoms with Gasteiger partial charge in [0.15, 0.2) is 0 Å². The summed E-state index contributed by atoms with van der Waals surface area (Å²) in [6, 6.07) is 10.8. The Morgan fingerprint density at radius 3 is 2.82 bits per heavy atom. The third-order valence-electron chi connectivity index (χ3n) is 3.14. The van der Waals surface area contributed by atoms with Crippen molar-refractivity contribution in [3.8, 4) is 0 Å². The van der Waals surface area contributed by atoms with E-state index in [1.165, 1.54) is 22.2 Å². The Morgan fingerprint density at radius 2 is 2.12 bits per heavy atom. The van der Waals surface area contributed by atoms with E-state index >= 15 is 0 Å². The molecule has 1 N–H and O–H groups in total. The molecule has 2 rings (SSSR count). The molecule has 0 unspecified atom stereocenters. The Bertz CT molecular complexity index is 523. The van der Waals surface area contributed by atoms with Gasteiger partial charge >= 0.3 is 0 Å². The molecule has 2 aromatic rings. The van der Waals surface area contributed by atoms with Crippen LogP contribution in [0.1, 0.15) is 19.0 Å². The van der Waals surface area contributed by atoms with Gasteiger partial charge < -0.3 is 9.88 Å². The average molecular weight is 228 g/mol. The molecule has 0 aliphatic heterocycles. The molecule has 0 aliphatic rings. The minimum atomic E-state index is 0.895. The standard InChI is InChI=1S/C15H20N2/c1-4-12(2)11-17-14(10-16-3)9-13-7-5-6-8-15(13)17/h5-9,16H,2,4,10-11H2,1,3H3. The lowest BCUT2D eigenvalue weighted by atomic mass is 10.2. The third kappa shape index (κ3) is 2.42. The molecule has 1 heterocycles. The predicted molar refractivity (Wildman–Crippen MR) is 74.1 cm³/mol. The van der Waals surface area contributed by atoms with Gasteiger partial charge in [0.2, 0.25) is 0 Å². The summed E-state index contributed by atoms with van der Waals surface area (Å²) in [6.07, 6.45) is 1.03. The van der Waals surface area contributed by atoms with E-state index in [1.54, 1.807) is 0 Å². The molecular formula is C15H20N2. The largest absolute Gasteiger partial charge is 0.339 e. The SMILES string of the molecule is C=C(CC)Cn1c(CNC)cc2ccccc21. The summed E-state index contributed by atoms with van der Waals surface area (Å²) in [7, 11) is 1.98. The quantitative estimate of drug-likeness (QED) is 0.777. The Hall–Kier alpha value is -1.54. The van der Waals surface area contributed by atoms with Crippen LogP contribution in [0.4, 0.5) is 0 Å². The molecule has 0 atom stereocenters. The van der Waals surface area contributed by atoms with Gasteiger partial charge in [-0.05, 0) is 31.0 Å². The molecule has 0 saturated carbocycles. The van der Waals surface area contributed by atoms with Gasteiger partial charge in [0, 0.05) is 24.3 Å². The van der Waals surface area contributed by atoms with E-state index in [4.69, 9.17) is 0 Å². The summed E-state index contributed by atoms with van der Waals surface area (Å²) >= 11 is 0. The molecule has 0 fully saturated rings. The van der Waals surface area contributed by atoms with Gasteiger partial charge in [-0.15, -0.1) is 0 Å². The molecule has 0 bridgehead atoms. The van der Waals surface area contributed by atoms with E-state index in [0.717, 1.165) is 19.5 Å². The molecule has 0 aliphatic carbocycles. The first-order valence-corrected chi connectivity index (χ1v) is 6.14. The molecule has 0 amide bonds. The van der Waals surface area contributed by atoms with Crippen LogP contribution in [0.15, 0.2) is 42.5 Å². The van der Waals surface area contributed by atoms with Crippen molar-refractivity contribution in [1.82, 2.24) is 9.88 Å². The van der Waals surface area contributed by atoms with Gasteiger partial charge in [0.05, 0.1) is 0 Å². The van der Waals surface area contributed by atoms with Crippen molar-refractivity contribution in [1.29, 1.82) is 0 Å². The summed E-state index contributed by atoms with van der Waals surface area (Å²) in [4.78, 5) is 0. The fourth-order valence-electron chi connectivity index (χ4n) is 2.12. The highest BCUT2D eigenvalue weighted by atomic mass is 15.0. The van der Waals surface area contributed by atoms with Gasteiger partial charge in [0.25, 0.3) is 0 Å². The molecule has 0 saturated heterocycles. The van der Waals surface area contributed by atoms with Crippen LogP contribution >= 0.6 is 0 Å². The van der Waals surface area contributed by atoms with Gasteiger partial charge in [-0.1, -0.05) is 37.3 Å². The lowest BCUT2D eigenvalue weighted by Crippen LogP contribution is -2.12. The second kappa shape index (κ2) is 5.19. The first-order chi connectivity index (χ1) is 8.26. The smallest absolute Gasteiger partial charge is 0.0485 e. The Labute approximate surface area is 103 Å². The second-order valence-corrected chi connectivity index (χ2v) is 4.41. The first kappa shape index (κ1) is 11.9. The molecule has 90 valence electrons. The molecular weight excluding hydrogens is 208 g/mol. The zero-order chi connectivity index (χ0) is 12.3. The first-order valence-electron chi connectivity index (χ1n) is 6.14. The third-order valence-corrected chi connectivity index (χ3v) is 3.14. The number of benzene rings is 1. The van der Waals surface area contributed by atoms with Crippen molar-refractivity contribution in [2.24, 2.45) is 0 Å². The number of hydrogen-bond donors (Lipinski definition) is 1. The van der Waals surface area contributed by atoms with E-state index < -0.39 is 0 Å². The van der Waals surface area contributed by atoms with Crippen molar-refractivity contribution in [3.05, 3.63) is 48.2 Å². The van der Waals surface area contributed by atoms with Crippen LogP contribution < -0.4 is 5.32 Å². The van der Waals surface area contributed by atoms with E-state index in [9.17, 15) is 0 Å². The fourth-order valence-corrected chi connectivity index (χ4v) is 2.12. The minimum Gasteiger partial charge on any atom is -0.339 e. The highest BCUT2D eigenvalue weighted by molar-refractivity contribution is 5.81. The van der Waals surface area contributed by atoms with Gasteiger partial charge in [0.1, 0.15) is 0 Å². The normalized spacial score (nSPS) is 10.9. The van der Waals surface area contributed by atoms with E-state index in [2.05, 4.69) is 53.7 Å². The predicted octanol–water partition coefficient (Wildman–Crippen LogP) is 3.33. The molecule has 1 aromatic heterocycles. The maximum atomic E-state index is 4.11. The fraction of sp³-hybridized carbons (Fsp3) is 0.333. The van der Waals surface area contributed by atoms with Gasteiger partial charge in [-0.2, -0.15) is 0 Å². The van der Waals surface area contributed by atoms with Gasteiger partial charge in [-0.25, -0.2) is 0 Å². The number of hydrogen-bond acceptors (Lipinski definition) is 1. The van der Waals surface area contributed by atoms with E-state index in [0.29, 0.717) is 0 Å². The summed E-state index contributed by atoms with van der Waals surface area (Å²) in [6.45, 7) is 8.09. The lowest BCUT2D eigenvalue weighted by Gasteiger charge is -2.11. The number of allylic oxidation sites excluding steroid dienone is 1. The van der Waals surface area contributed by atoms with Crippen molar-refractivity contribution in [2.75, 3.05) is 7.05 Å². The van der Waals surface area contributed by atoms with Crippen molar-refractivity contribution in [2.45, 2.75) is 26.4 Å². The van der Waals surface area contributed by atoms with Crippen molar-refractivity contribution in [3.63, 3.8) is 0 Å². The average Bonchev–Trinajstić information content (AvgIpc) is 2.68. The van der Waals surface area contributed by atoms with Crippen LogP contribution in [-0.2, 0) is 13.1 Å². The maximum Gasteiger partial charge on any atom is 0.0485 e. The topological polar surface area (TPSA) is 17.0 Å². The number of rotatable bonds is 5. The van der Waals surface area contributed by atoms with Crippen LogP contribution in [0.2, 0.25) is 0 Å². The summed E-state index contributed by atoms with van der Waals surface area (Å²) in [5.74, 6) is 0. The Morgan fingerprint density at radius 1 is 1.35 bits per heavy atom. The minimum absolute atomic E-state index is 0.895. The second-order valence-electron chi connectivity index (χ2n) is 4.41. The van der Waals surface area contributed by atoms with Crippen LogP contribution in [0.25, 0.3) is 10.9 Å². The summed E-state index contributed by atoms with van der Waals surface area (Å²) in [5.41, 5.74) is 3.89. The Kier molecular flexibility index (Phi) is 3.64. The monoisotopic (exact) mass is 228 g/mol. The summed E-state index contributed by atoms with van der Waals surface area (Å²) in [5, 5.41) is 4.53. The highest BCUT2D eigenvalue weighted by Crippen LogP contribution is 2.21. The molecule has 2 nitrogen and oxygen atoms in total. The summed E-state index contributed by atoms with van der Waals surface area (Å²) < 4.78 is 2.36. The van der Waals surface area contributed by atoms with Crippen LogP contribution in [0.5, 0.6) is 0 Å². The number of nitrogens with zero attached hydrogens (tertiary/aromatic N) is 1. The van der Waals surface area contributed by atoms with Crippen molar-refractivity contribution >= 4 is 10.9 Å². The number of fused-ring (bicyclic) bond motifs is 1. The zero-order valence-electron chi connectivity index (χ0n) is 10.7.